The molecule has 0 spiro atoms. The van der Waals surface area contributed by atoms with Crippen LogP contribution in [0.25, 0.3) is 5.69 Å². The van der Waals surface area contributed by atoms with Crippen LogP contribution in [0.5, 0.6) is 0 Å². The van der Waals surface area contributed by atoms with Crippen LogP contribution in [0.1, 0.15) is 46.8 Å². The van der Waals surface area contributed by atoms with Gasteiger partial charge < -0.3 is 14.8 Å². The zero-order valence-electron chi connectivity index (χ0n) is 18.6. The van der Waals surface area contributed by atoms with Crippen molar-refractivity contribution in [3.05, 3.63) is 119 Å². The highest BCUT2D eigenvalue weighted by Gasteiger charge is 2.33. The lowest BCUT2D eigenvalue weighted by atomic mass is 9.90. The second-order valence-electron chi connectivity index (χ2n) is 8.95. The molecule has 164 valence electrons. The van der Waals surface area contributed by atoms with Crippen LogP contribution in [0.15, 0.2) is 91.1 Å². The van der Waals surface area contributed by atoms with Gasteiger partial charge >= 0.3 is 6.03 Å². The fourth-order valence-electron chi connectivity index (χ4n) is 5.41. The second kappa shape index (κ2) is 8.28. The van der Waals surface area contributed by atoms with Crippen molar-refractivity contribution < 1.29 is 4.79 Å². The summed E-state index contributed by atoms with van der Waals surface area (Å²) in [6.07, 6.45) is 6.62. The molecule has 4 heteroatoms. The fraction of sp³-hybridized carbons (Fsp3) is 0.207. The van der Waals surface area contributed by atoms with Crippen molar-refractivity contribution in [2.75, 3.05) is 5.32 Å². The van der Waals surface area contributed by atoms with Crippen molar-refractivity contribution in [2.45, 2.75) is 38.3 Å². The number of rotatable bonds is 2. The van der Waals surface area contributed by atoms with Gasteiger partial charge in [-0.1, -0.05) is 60.7 Å². The molecule has 0 bridgehead atoms. The van der Waals surface area contributed by atoms with Gasteiger partial charge in [-0.2, -0.15) is 0 Å². The molecule has 1 aliphatic carbocycles. The normalized spacial score (nSPS) is 16.8. The molecule has 0 saturated carbocycles. The number of aryl methyl sites for hydroxylation is 1. The summed E-state index contributed by atoms with van der Waals surface area (Å²) >= 11 is 0. The van der Waals surface area contributed by atoms with Gasteiger partial charge in [0, 0.05) is 17.6 Å². The third kappa shape index (κ3) is 3.52. The molecule has 0 fully saturated rings. The highest BCUT2D eigenvalue weighted by Crippen LogP contribution is 2.37. The molecule has 3 aromatic carbocycles. The molecule has 0 unspecified atom stereocenters. The van der Waals surface area contributed by atoms with Crippen molar-refractivity contribution in [3.63, 3.8) is 0 Å². The summed E-state index contributed by atoms with van der Waals surface area (Å²) < 4.78 is 2.23. The topological polar surface area (TPSA) is 37.3 Å². The number of para-hydroxylation sites is 1. The van der Waals surface area contributed by atoms with E-state index in [1.165, 1.54) is 24.0 Å². The van der Waals surface area contributed by atoms with Gasteiger partial charge in [0.25, 0.3) is 0 Å². The number of anilines is 1. The van der Waals surface area contributed by atoms with Gasteiger partial charge in [0.1, 0.15) is 0 Å². The smallest absolute Gasteiger partial charge is 0.318 e. The van der Waals surface area contributed by atoms with Gasteiger partial charge in [-0.3, -0.25) is 0 Å². The molecule has 4 nitrogen and oxygen atoms in total. The molecular formula is C29H27N3O. The summed E-state index contributed by atoms with van der Waals surface area (Å²) in [7, 11) is 0. The van der Waals surface area contributed by atoms with E-state index in [-0.39, 0.29) is 12.1 Å². The Morgan fingerprint density at radius 2 is 1.58 bits per heavy atom. The van der Waals surface area contributed by atoms with E-state index in [1.54, 1.807) is 0 Å². The number of fused-ring (bicyclic) bond motifs is 4. The van der Waals surface area contributed by atoms with Crippen LogP contribution in [0.4, 0.5) is 10.5 Å². The summed E-state index contributed by atoms with van der Waals surface area (Å²) in [4.78, 5) is 15.9. The minimum absolute atomic E-state index is 0.0627. The van der Waals surface area contributed by atoms with Crippen molar-refractivity contribution in [2.24, 2.45) is 0 Å². The molecule has 1 atom stereocenters. The maximum absolute atomic E-state index is 13.9. The number of nitrogens with zero attached hydrogens (tertiary/aromatic N) is 2. The first-order valence-electron chi connectivity index (χ1n) is 11.8. The van der Waals surface area contributed by atoms with Crippen LogP contribution in [0.2, 0.25) is 0 Å². The average Bonchev–Trinajstić information content (AvgIpc) is 3.29. The Morgan fingerprint density at radius 1 is 0.788 bits per heavy atom. The van der Waals surface area contributed by atoms with Gasteiger partial charge in [-0.15, -0.1) is 0 Å². The summed E-state index contributed by atoms with van der Waals surface area (Å²) in [5, 5.41) is 3.30. The van der Waals surface area contributed by atoms with E-state index in [1.807, 2.05) is 29.2 Å². The van der Waals surface area contributed by atoms with Gasteiger partial charge in [-0.25, -0.2) is 4.79 Å². The molecule has 4 aromatic rings. The van der Waals surface area contributed by atoms with E-state index in [0.29, 0.717) is 6.54 Å². The minimum Gasteiger partial charge on any atom is -0.318 e. The fourth-order valence-corrected chi connectivity index (χ4v) is 5.41. The van der Waals surface area contributed by atoms with Crippen LogP contribution in [0, 0.1) is 0 Å². The predicted molar refractivity (Wildman–Crippen MR) is 132 cm³/mol. The van der Waals surface area contributed by atoms with Gasteiger partial charge in [0.05, 0.1) is 18.3 Å². The number of hydrogen-bond acceptors (Lipinski definition) is 1. The lowest BCUT2D eigenvalue weighted by Gasteiger charge is -2.31. The first kappa shape index (κ1) is 19.9. The molecule has 1 aromatic heterocycles. The van der Waals surface area contributed by atoms with Crippen LogP contribution in [-0.4, -0.2) is 15.5 Å². The first-order chi connectivity index (χ1) is 16.3. The maximum Gasteiger partial charge on any atom is 0.322 e. The van der Waals surface area contributed by atoms with Crippen LogP contribution < -0.4 is 5.32 Å². The molecule has 6 rings (SSSR count). The van der Waals surface area contributed by atoms with Gasteiger partial charge in [-0.05, 0) is 72.2 Å². The van der Waals surface area contributed by atoms with Crippen molar-refractivity contribution in [3.8, 4) is 5.69 Å². The highest BCUT2D eigenvalue weighted by atomic mass is 16.2. The quantitative estimate of drug-likeness (QED) is 0.385. The predicted octanol–water partition coefficient (Wildman–Crippen LogP) is 6.49. The molecule has 0 radical (unpaired) electrons. The molecule has 1 N–H and O–H groups in total. The number of hydrogen-bond donors (Lipinski definition) is 1. The standard InChI is InChI=1S/C29H27N3O/c33-29(30-25-16-8-14-21-10-4-6-15-24(21)25)32-20-23-13-5-7-17-26(23)31-19-9-18-27(31)28(32)22-11-2-1-3-12-22/h1-3,5,7-9,11-14,16-19,28H,4,6,10,15,20H2,(H,30,33)/t28-/m0/s1. The second-order valence-corrected chi connectivity index (χ2v) is 8.95. The summed E-state index contributed by atoms with van der Waals surface area (Å²) in [6.45, 7) is 0.540. The Morgan fingerprint density at radius 3 is 2.48 bits per heavy atom. The first-order valence-corrected chi connectivity index (χ1v) is 11.8. The number of amides is 2. The van der Waals surface area contributed by atoms with Crippen LogP contribution >= 0.6 is 0 Å². The molecular weight excluding hydrogens is 406 g/mol. The lowest BCUT2D eigenvalue weighted by Crippen LogP contribution is -2.38. The maximum atomic E-state index is 13.9. The number of carbonyl (C=O) groups excluding carboxylic acids is 1. The van der Waals surface area contributed by atoms with Crippen LogP contribution in [0.3, 0.4) is 0 Å². The van der Waals surface area contributed by atoms with E-state index in [4.69, 9.17) is 0 Å². The van der Waals surface area contributed by atoms with E-state index < -0.39 is 0 Å². The Hall–Kier alpha value is -3.79. The molecule has 0 saturated heterocycles. The number of carbonyl (C=O) groups is 1. The summed E-state index contributed by atoms with van der Waals surface area (Å²) in [6, 6.07) is 29.0. The third-order valence-electron chi connectivity index (χ3n) is 6.98. The monoisotopic (exact) mass is 433 g/mol. The van der Waals surface area contributed by atoms with Gasteiger partial charge in [0.15, 0.2) is 0 Å². The Kier molecular flexibility index (Phi) is 4.99. The van der Waals surface area contributed by atoms with Crippen LogP contribution in [-0.2, 0) is 19.4 Å². The Labute approximate surface area is 194 Å². The summed E-state index contributed by atoms with van der Waals surface area (Å²) in [5.74, 6) is 0. The SMILES string of the molecule is O=C(Nc1cccc2c1CCCC2)N1Cc2ccccc2-n2cccc2[C@@H]1c1ccccc1. The third-order valence-corrected chi connectivity index (χ3v) is 6.98. The Balaban J connectivity index is 1.45. The largest absolute Gasteiger partial charge is 0.322 e. The van der Waals surface area contributed by atoms with Crippen molar-refractivity contribution in [1.82, 2.24) is 9.47 Å². The average molecular weight is 434 g/mol. The zero-order valence-corrected chi connectivity index (χ0v) is 18.6. The van der Waals surface area contributed by atoms with Gasteiger partial charge in [0.2, 0.25) is 0 Å². The number of urea groups is 1. The highest BCUT2D eigenvalue weighted by molar-refractivity contribution is 5.91. The minimum atomic E-state index is -0.187. The van der Waals surface area contributed by atoms with E-state index >= 15 is 0 Å². The molecule has 2 aliphatic rings. The Bertz CT molecular complexity index is 1310. The molecule has 33 heavy (non-hydrogen) atoms. The van der Waals surface area contributed by atoms with E-state index in [9.17, 15) is 4.79 Å². The molecule has 2 amide bonds. The summed E-state index contributed by atoms with van der Waals surface area (Å²) in [5.41, 5.74) is 8.09. The number of benzene rings is 3. The number of aromatic nitrogens is 1. The number of nitrogens with one attached hydrogen (secondary N) is 1. The van der Waals surface area contributed by atoms with Crippen molar-refractivity contribution in [1.29, 1.82) is 0 Å². The zero-order chi connectivity index (χ0) is 22.2. The van der Waals surface area contributed by atoms with Crippen molar-refractivity contribution >= 4 is 11.7 Å². The molecule has 1 aliphatic heterocycles. The van der Waals surface area contributed by atoms with E-state index in [0.717, 1.165) is 41.0 Å². The molecule has 2 heterocycles. The lowest BCUT2D eigenvalue weighted by molar-refractivity contribution is 0.194. The van der Waals surface area contributed by atoms with E-state index in [2.05, 4.69) is 76.7 Å².